The maximum atomic E-state index is 13.3. The Balaban J connectivity index is 2.22. The zero-order valence-electron chi connectivity index (χ0n) is 10.9. The molecular weight excluding hydrogens is 293 g/mol. The molecule has 1 amide bonds. The summed E-state index contributed by atoms with van der Waals surface area (Å²) in [7, 11) is 0. The number of nitrogens with two attached hydrogens (primary N) is 1. The van der Waals surface area contributed by atoms with Crippen LogP contribution in [0.2, 0.25) is 5.02 Å². The summed E-state index contributed by atoms with van der Waals surface area (Å²) in [5.41, 5.74) is 5.79. The summed E-state index contributed by atoms with van der Waals surface area (Å²) in [5.74, 6) is 4.52. The van der Waals surface area contributed by atoms with Crippen molar-refractivity contribution in [2.75, 3.05) is 11.9 Å². The summed E-state index contributed by atoms with van der Waals surface area (Å²) in [6.07, 6.45) is 0. The molecule has 0 aliphatic heterocycles. The molecule has 0 saturated heterocycles. The fourth-order valence-electron chi connectivity index (χ4n) is 1.58. The minimum atomic E-state index is -0.653. The topological polar surface area (TPSA) is 68.0 Å². The van der Waals surface area contributed by atoms with E-state index in [1.165, 1.54) is 18.2 Å². The summed E-state index contributed by atoms with van der Waals surface area (Å²) in [6.45, 7) is 0.219. The fourth-order valence-corrected chi connectivity index (χ4v) is 1.79. The molecule has 3 N–H and O–H groups in total. The lowest BCUT2D eigenvalue weighted by atomic mass is 10.2. The van der Waals surface area contributed by atoms with Crippen LogP contribution in [0.5, 0.6) is 0 Å². The lowest BCUT2D eigenvalue weighted by Crippen LogP contribution is -2.14. The molecule has 0 atom stereocenters. The third-order valence-electron chi connectivity index (χ3n) is 2.51. The van der Waals surface area contributed by atoms with Gasteiger partial charge < -0.3 is 11.1 Å². The third-order valence-corrected chi connectivity index (χ3v) is 2.89. The normalized spacial score (nSPS) is 9.67. The van der Waals surface area contributed by atoms with E-state index in [0.717, 1.165) is 0 Å². The molecule has 21 heavy (non-hydrogen) atoms. The lowest BCUT2D eigenvalue weighted by Gasteiger charge is -2.06. The minimum Gasteiger partial charge on any atom is -0.320 e. The van der Waals surface area contributed by atoms with Crippen LogP contribution in [0.4, 0.5) is 10.2 Å². The first-order valence-corrected chi connectivity index (χ1v) is 6.41. The van der Waals surface area contributed by atoms with Gasteiger partial charge in [-0.15, -0.1) is 0 Å². The van der Waals surface area contributed by atoms with Gasteiger partial charge in [0.05, 0.1) is 17.1 Å². The Morgan fingerprint density at radius 3 is 2.86 bits per heavy atom. The number of amides is 1. The predicted molar refractivity (Wildman–Crippen MR) is 79.5 cm³/mol. The van der Waals surface area contributed by atoms with Crippen molar-refractivity contribution in [3.8, 4) is 11.8 Å². The van der Waals surface area contributed by atoms with Crippen LogP contribution in [0.25, 0.3) is 0 Å². The van der Waals surface area contributed by atoms with E-state index in [-0.39, 0.29) is 17.1 Å². The summed E-state index contributed by atoms with van der Waals surface area (Å²) >= 11 is 5.76. The van der Waals surface area contributed by atoms with Crippen molar-refractivity contribution in [1.82, 2.24) is 4.98 Å². The number of hydrogen-bond acceptors (Lipinski definition) is 3. The molecule has 1 heterocycles. The molecule has 106 valence electrons. The van der Waals surface area contributed by atoms with Gasteiger partial charge in [-0.05, 0) is 30.2 Å². The van der Waals surface area contributed by atoms with E-state index in [9.17, 15) is 9.18 Å². The van der Waals surface area contributed by atoms with E-state index >= 15 is 0 Å². The van der Waals surface area contributed by atoms with Crippen LogP contribution in [0.1, 0.15) is 16.1 Å². The quantitative estimate of drug-likeness (QED) is 0.837. The molecule has 0 unspecified atom stereocenters. The van der Waals surface area contributed by atoms with Crippen molar-refractivity contribution in [3.05, 3.63) is 58.5 Å². The standard InChI is InChI=1S/C15H11ClFN3O/c16-14-11(6-2-7-12(14)17)15(21)20-13-8-1-4-10(19-13)5-3-9-18/h1-2,4,6-8H,9,18H2,(H,19,20,21). The van der Waals surface area contributed by atoms with Gasteiger partial charge in [-0.3, -0.25) is 4.79 Å². The predicted octanol–water partition coefficient (Wildman–Crippen LogP) is 2.44. The Hall–Kier alpha value is -2.42. The maximum Gasteiger partial charge on any atom is 0.258 e. The number of carbonyl (C=O) groups excluding carboxylic acids is 1. The second kappa shape index (κ2) is 6.84. The second-order valence-electron chi connectivity index (χ2n) is 3.97. The van der Waals surface area contributed by atoms with Gasteiger partial charge in [-0.1, -0.05) is 29.7 Å². The van der Waals surface area contributed by atoms with Crippen LogP contribution in [0, 0.1) is 17.7 Å². The van der Waals surface area contributed by atoms with Crippen LogP contribution in [0.3, 0.4) is 0 Å². The number of benzene rings is 1. The van der Waals surface area contributed by atoms with Crippen LogP contribution >= 0.6 is 11.6 Å². The number of hydrogen-bond donors (Lipinski definition) is 2. The van der Waals surface area contributed by atoms with Crippen LogP contribution < -0.4 is 11.1 Å². The number of nitrogens with one attached hydrogen (secondary N) is 1. The number of halogens is 2. The first-order chi connectivity index (χ1) is 10.1. The number of anilines is 1. The molecule has 1 aromatic heterocycles. The van der Waals surface area contributed by atoms with Gasteiger partial charge in [0.25, 0.3) is 5.91 Å². The van der Waals surface area contributed by atoms with Gasteiger partial charge in [-0.2, -0.15) is 0 Å². The van der Waals surface area contributed by atoms with Crippen molar-refractivity contribution in [1.29, 1.82) is 0 Å². The van der Waals surface area contributed by atoms with Crippen molar-refractivity contribution in [2.24, 2.45) is 5.73 Å². The van der Waals surface area contributed by atoms with Gasteiger partial charge in [0.2, 0.25) is 0 Å². The highest BCUT2D eigenvalue weighted by atomic mass is 35.5. The van der Waals surface area contributed by atoms with Gasteiger partial charge in [0, 0.05) is 0 Å². The first-order valence-electron chi connectivity index (χ1n) is 6.03. The highest BCUT2D eigenvalue weighted by Crippen LogP contribution is 2.20. The second-order valence-corrected chi connectivity index (χ2v) is 4.35. The first kappa shape index (κ1) is 15.0. The lowest BCUT2D eigenvalue weighted by molar-refractivity contribution is 0.102. The summed E-state index contributed by atoms with van der Waals surface area (Å²) in [4.78, 5) is 16.2. The Morgan fingerprint density at radius 1 is 1.33 bits per heavy atom. The smallest absolute Gasteiger partial charge is 0.258 e. The van der Waals surface area contributed by atoms with E-state index in [0.29, 0.717) is 11.5 Å². The van der Waals surface area contributed by atoms with Crippen molar-refractivity contribution in [2.45, 2.75) is 0 Å². The molecule has 0 aliphatic carbocycles. The third kappa shape index (κ3) is 3.78. The van der Waals surface area contributed by atoms with Crippen molar-refractivity contribution >= 4 is 23.3 Å². The molecule has 0 spiro atoms. The van der Waals surface area contributed by atoms with Gasteiger partial charge in [0.15, 0.2) is 0 Å². The molecule has 0 fully saturated rings. The Labute approximate surface area is 126 Å². The Kier molecular flexibility index (Phi) is 4.88. The molecule has 0 saturated carbocycles. The zero-order chi connectivity index (χ0) is 15.2. The van der Waals surface area contributed by atoms with Crippen LogP contribution in [-0.2, 0) is 0 Å². The number of carbonyl (C=O) groups is 1. The summed E-state index contributed by atoms with van der Waals surface area (Å²) < 4.78 is 13.3. The fraction of sp³-hybridized carbons (Fsp3) is 0.0667. The Morgan fingerprint density at radius 2 is 2.10 bits per heavy atom. The average molecular weight is 304 g/mol. The van der Waals surface area contributed by atoms with Crippen molar-refractivity contribution in [3.63, 3.8) is 0 Å². The average Bonchev–Trinajstić information content (AvgIpc) is 2.48. The molecular formula is C15H11ClFN3O. The van der Waals surface area contributed by atoms with Crippen LogP contribution in [-0.4, -0.2) is 17.4 Å². The van der Waals surface area contributed by atoms with Gasteiger partial charge >= 0.3 is 0 Å². The largest absolute Gasteiger partial charge is 0.320 e. The van der Waals surface area contributed by atoms with E-state index < -0.39 is 11.7 Å². The number of pyridine rings is 1. The summed E-state index contributed by atoms with van der Waals surface area (Å²) in [5, 5.41) is 2.32. The van der Waals surface area contributed by atoms with E-state index in [1.54, 1.807) is 18.2 Å². The molecule has 1 aromatic carbocycles. The van der Waals surface area contributed by atoms with Crippen LogP contribution in [0.15, 0.2) is 36.4 Å². The van der Waals surface area contributed by atoms with Gasteiger partial charge in [-0.25, -0.2) is 9.37 Å². The monoisotopic (exact) mass is 303 g/mol. The minimum absolute atomic E-state index is 0.0388. The van der Waals surface area contributed by atoms with E-state index in [1.807, 2.05) is 0 Å². The van der Waals surface area contributed by atoms with E-state index in [4.69, 9.17) is 17.3 Å². The molecule has 0 aliphatic rings. The Bertz CT molecular complexity index is 737. The molecule has 4 nitrogen and oxygen atoms in total. The van der Waals surface area contributed by atoms with Gasteiger partial charge in [0.1, 0.15) is 17.3 Å². The maximum absolute atomic E-state index is 13.3. The highest BCUT2D eigenvalue weighted by Gasteiger charge is 2.14. The van der Waals surface area contributed by atoms with E-state index in [2.05, 4.69) is 22.1 Å². The molecule has 6 heteroatoms. The SMILES string of the molecule is NCC#Cc1cccc(NC(=O)c2cccc(F)c2Cl)n1. The molecule has 2 aromatic rings. The van der Waals surface area contributed by atoms with Crippen molar-refractivity contribution < 1.29 is 9.18 Å². The number of nitrogens with zero attached hydrogens (tertiary/aromatic N) is 1. The molecule has 0 radical (unpaired) electrons. The summed E-state index contributed by atoms with van der Waals surface area (Å²) in [6, 6.07) is 8.99. The molecule has 2 rings (SSSR count). The zero-order valence-corrected chi connectivity index (χ0v) is 11.6. The number of aromatic nitrogens is 1. The molecule has 0 bridgehead atoms. The number of rotatable bonds is 2. The highest BCUT2D eigenvalue weighted by molar-refractivity contribution is 6.34.